The number of unbranched alkanes of at least 4 members (excludes halogenated alkanes) is 2. The van der Waals surface area contributed by atoms with Crippen LogP contribution in [0.15, 0.2) is 60.7 Å². The lowest BCUT2D eigenvalue weighted by Gasteiger charge is -2.18. The molecule has 25 heteroatoms. The monoisotopic (exact) mass is 1190 g/mol. The van der Waals surface area contributed by atoms with Crippen molar-refractivity contribution in [1.29, 1.82) is 0 Å². The summed E-state index contributed by atoms with van der Waals surface area (Å²) in [5.74, 6) is -1.39. The molecule has 13 N–H and O–H groups in total. The van der Waals surface area contributed by atoms with Crippen molar-refractivity contribution in [2.75, 3.05) is 27.2 Å². The molecule has 0 saturated carbocycles. The zero-order valence-electron chi connectivity index (χ0n) is 49.2. The van der Waals surface area contributed by atoms with Gasteiger partial charge in [-0.25, -0.2) is 19.2 Å². The van der Waals surface area contributed by atoms with E-state index in [0.717, 1.165) is 56.2 Å². The van der Waals surface area contributed by atoms with Gasteiger partial charge in [0, 0.05) is 83.8 Å². The molecule has 0 fully saturated rings. The number of nitrogens with two attached hydrogens (primary N) is 2. The molecule has 2 rings (SSSR count). The summed E-state index contributed by atoms with van der Waals surface area (Å²) in [7, 11) is 3.29. The van der Waals surface area contributed by atoms with Gasteiger partial charge in [0.15, 0.2) is 11.6 Å². The Bertz CT molecular complexity index is 2500. The molecule has 0 aliphatic heterocycles. The molecule has 0 bridgehead atoms. The van der Waals surface area contributed by atoms with Crippen LogP contribution in [-0.2, 0) is 70.6 Å². The highest BCUT2D eigenvalue weighted by Crippen LogP contribution is 2.14. The second-order valence-electron chi connectivity index (χ2n) is 19.3. The lowest BCUT2D eigenvalue weighted by molar-refractivity contribution is -0.142. The van der Waals surface area contributed by atoms with E-state index in [9.17, 15) is 57.5 Å². The molecule has 25 nitrogen and oxygen atoms in total. The Morgan fingerprint density at radius 2 is 0.918 bits per heavy atom. The molecule has 468 valence electrons. The topological polar surface area (TPSA) is 400 Å². The lowest BCUT2D eigenvalue weighted by atomic mass is 9.98. The van der Waals surface area contributed by atoms with Gasteiger partial charge in [-0.15, -0.1) is 24.7 Å². The first-order valence-corrected chi connectivity index (χ1v) is 28.2. The summed E-state index contributed by atoms with van der Waals surface area (Å²) in [6, 6.07) is 13.1. The van der Waals surface area contributed by atoms with E-state index in [-0.39, 0.29) is 107 Å². The molecule has 0 radical (unpaired) electrons. The lowest BCUT2D eigenvalue weighted by Crippen LogP contribution is -2.43. The summed E-state index contributed by atoms with van der Waals surface area (Å²) in [5, 5.41) is 35.6. The normalized spacial score (nSPS) is 12.3. The number of amides is 8. The highest BCUT2D eigenvalue weighted by Gasteiger charge is 2.27. The predicted molar refractivity (Wildman–Crippen MR) is 315 cm³/mol. The van der Waals surface area contributed by atoms with Crippen molar-refractivity contribution < 1.29 is 77.2 Å². The van der Waals surface area contributed by atoms with E-state index < -0.39 is 77.6 Å². The zero-order chi connectivity index (χ0) is 64.0. The van der Waals surface area contributed by atoms with Gasteiger partial charge in [0.05, 0.1) is 12.1 Å². The molecule has 8 amide bonds. The van der Waals surface area contributed by atoms with E-state index in [2.05, 4.69) is 49.1 Å². The number of primary amides is 1. The van der Waals surface area contributed by atoms with Crippen molar-refractivity contribution in [1.82, 2.24) is 37.2 Å². The Morgan fingerprint density at radius 3 is 1.27 bits per heavy atom. The standard InChI is InChI=1S/C30H42N4O8.C21H25N3O7.C9H20N2O/c1-4-11-24(29(39)40)33-27(37)18-16-25(35)23(34-30(41)42-20-21-12-7-6-8-13-21)15-17-26(36)32-19-10-9-14-22(5-2)28(38)31-3;1-2-6-16(20(28)29)23-19(27)12-10-17(25)15(9-11-18(22)26)24-21(30)31-13-14-7-4-3-5-8-14;1-3-8(9(12)11-2)6-4-5-7-10/h1,6-8,12-13,22-24H,5,9-11,14-20H2,2-3H3,(H,31,38)(H,32,36)(H,33,37)(H,34,41)(H,39,40);1,3-5,7-8,15-16H,6,9-13H2,(H2,22,26)(H,23,27)(H,24,30)(H,28,29);8H,3-7,10H2,1-2H3,(H,11,12)/t22?,23-,24?;15-,16?;/m00./s1. The van der Waals surface area contributed by atoms with Crippen LogP contribution in [-0.4, -0.2) is 133 Å². The number of carbonyl (C=O) groups excluding carboxylic acids is 10. The number of terminal acetylenes is 2. The number of carboxylic acids is 2. The number of benzene rings is 2. The number of hydrogen-bond acceptors (Lipinski definition) is 15. The van der Waals surface area contributed by atoms with E-state index in [1.807, 2.05) is 26.0 Å². The second kappa shape index (κ2) is 46.6. The number of ketones is 2. The van der Waals surface area contributed by atoms with Crippen molar-refractivity contribution in [3.8, 4) is 24.7 Å². The van der Waals surface area contributed by atoms with E-state index in [1.165, 1.54) is 0 Å². The number of alkyl carbamates (subject to hydrolysis) is 2. The Morgan fingerprint density at radius 1 is 0.518 bits per heavy atom. The van der Waals surface area contributed by atoms with Crippen LogP contribution < -0.4 is 48.7 Å². The first-order chi connectivity index (χ1) is 40.6. The second-order valence-corrected chi connectivity index (χ2v) is 19.3. The van der Waals surface area contributed by atoms with Crippen LogP contribution in [0.2, 0.25) is 0 Å². The van der Waals surface area contributed by atoms with Crippen molar-refractivity contribution in [2.45, 2.75) is 167 Å². The molecule has 0 heterocycles. The third-order valence-electron chi connectivity index (χ3n) is 12.8. The number of rotatable bonds is 39. The first kappa shape index (κ1) is 76.2. The average molecular weight is 1190 g/mol. The average Bonchev–Trinajstić information content (AvgIpc) is 3.54. The first-order valence-electron chi connectivity index (χ1n) is 28.2. The highest BCUT2D eigenvalue weighted by molar-refractivity contribution is 5.93. The number of Topliss-reactive ketones (excluding diaryl/α,β-unsaturated/α-hetero) is 2. The number of ether oxygens (including phenoxy) is 2. The van der Waals surface area contributed by atoms with Gasteiger partial charge in [0.25, 0.3) is 0 Å². The minimum atomic E-state index is -1.30. The summed E-state index contributed by atoms with van der Waals surface area (Å²) in [5.41, 5.74) is 12.0. The highest BCUT2D eigenvalue weighted by atomic mass is 16.6. The fraction of sp³-hybridized carbons (Fsp3) is 0.533. The maximum absolute atomic E-state index is 12.9. The molecule has 6 atom stereocenters. The summed E-state index contributed by atoms with van der Waals surface area (Å²) < 4.78 is 10.3. The molecule has 2 aromatic rings. The van der Waals surface area contributed by atoms with Gasteiger partial charge in [0.2, 0.25) is 35.4 Å². The van der Waals surface area contributed by atoms with E-state index in [4.69, 9.17) is 44.0 Å². The van der Waals surface area contributed by atoms with Crippen molar-refractivity contribution in [3.05, 3.63) is 71.8 Å². The molecule has 0 spiro atoms. The number of carbonyl (C=O) groups is 12. The van der Waals surface area contributed by atoms with Crippen LogP contribution in [0.5, 0.6) is 0 Å². The maximum Gasteiger partial charge on any atom is 0.408 e. The predicted octanol–water partition coefficient (Wildman–Crippen LogP) is 3.44. The minimum absolute atomic E-state index is 0.00112. The quantitative estimate of drug-likeness (QED) is 0.0337. The van der Waals surface area contributed by atoms with Gasteiger partial charge in [-0.2, -0.15) is 0 Å². The van der Waals surface area contributed by atoms with Crippen molar-refractivity contribution >= 4 is 71.1 Å². The Labute approximate surface area is 497 Å². The molecule has 0 saturated heterocycles. The third-order valence-corrected chi connectivity index (χ3v) is 12.8. The summed E-state index contributed by atoms with van der Waals surface area (Å²) in [6.07, 6.45) is 13.3. The summed E-state index contributed by atoms with van der Waals surface area (Å²) in [6.45, 7) is 5.07. The van der Waals surface area contributed by atoms with Crippen LogP contribution in [0.25, 0.3) is 0 Å². The van der Waals surface area contributed by atoms with E-state index in [0.29, 0.717) is 19.4 Å². The summed E-state index contributed by atoms with van der Waals surface area (Å²) >= 11 is 0. The van der Waals surface area contributed by atoms with Gasteiger partial charge in [0.1, 0.15) is 25.3 Å². The van der Waals surface area contributed by atoms with Crippen LogP contribution in [0, 0.1) is 36.5 Å². The number of nitrogens with one attached hydrogen (secondary N) is 7. The van der Waals surface area contributed by atoms with Crippen LogP contribution in [0.4, 0.5) is 9.59 Å². The van der Waals surface area contributed by atoms with Gasteiger partial charge >= 0.3 is 24.1 Å². The van der Waals surface area contributed by atoms with Gasteiger partial charge < -0.3 is 68.4 Å². The maximum atomic E-state index is 12.9. The largest absolute Gasteiger partial charge is 0.480 e. The minimum Gasteiger partial charge on any atom is -0.480 e. The molecular formula is C60H87N9O16. The molecule has 0 aromatic heterocycles. The van der Waals surface area contributed by atoms with Crippen LogP contribution in [0.1, 0.15) is 141 Å². The van der Waals surface area contributed by atoms with Crippen LogP contribution >= 0.6 is 0 Å². The molecule has 2 aromatic carbocycles. The van der Waals surface area contributed by atoms with E-state index in [1.54, 1.807) is 62.6 Å². The van der Waals surface area contributed by atoms with Gasteiger partial charge in [-0.1, -0.05) is 87.4 Å². The Balaban J connectivity index is 0.00000143. The fourth-order valence-electron chi connectivity index (χ4n) is 7.81. The molecular weight excluding hydrogens is 1100 g/mol. The van der Waals surface area contributed by atoms with E-state index >= 15 is 0 Å². The SMILES string of the molecule is C#CCC(NC(=O)CCC(=O)[C@H](CCC(=O)NCCCCC(CC)C(=O)NC)NC(=O)OCc1ccccc1)C(=O)O.C#CCC(NC(=O)CCC(=O)[C@H](CCC(N)=O)NC(=O)OCc1ccccc1)C(=O)O.CCC(CCCCN)C(=O)NC. The molecule has 0 aliphatic rings. The smallest absolute Gasteiger partial charge is 0.408 e. The van der Waals surface area contributed by atoms with Gasteiger partial charge in [-0.05, 0) is 69.0 Å². The molecule has 0 aliphatic carbocycles. The van der Waals surface area contributed by atoms with Gasteiger partial charge in [-0.3, -0.25) is 38.4 Å². The fourth-order valence-corrected chi connectivity index (χ4v) is 7.81. The van der Waals surface area contributed by atoms with Crippen LogP contribution in [0.3, 0.4) is 0 Å². The van der Waals surface area contributed by atoms with Crippen molar-refractivity contribution in [2.24, 2.45) is 23.3 Å². The third kappa shape index (κ3) is 37.1. The summed E-state index contributed by atoms with van der Waals surface area (Å²) in [4.78, 5) is 143. The zero-order valence-corrected chi connectivity index (χ0v) is 49.2. The number of hydrogen-bond donors (Lipinski definition) is 11. The Hall–Kier alpha value is -8.84. The Kier molecular flexibility index (Phi) is 41.8. The molecule has 4 unspecified atom stereocenters. The number of aliphatic carboxylic acids is 2. The van der Waals surface area contributed by atoms with Crippen molar-refractivity contribution in [3.63, 3.8) is 0 Å². The number of carboxylic acid groups (broad SMARTS) is 2. The molecule has 85 heavy (non-hydrogen) atoms.